The Bertz CT molecular complexity index is 691. The number of carbonyl (C=O) groups excluding carboxylic acids is 1. The molecule has 116 valence electrons. The summed E-state index contributed by atoms with van der Waals surface area (Å²) >= 11 is 7.03. The van der Waals surface area contributed by atoms with Gasteiger partial charge in [0.05, 0.1) is 5.69 Å². The van der Waals surface area contributed by atoms with Crippen molar-refractivity contribution in [3.63, 3.8) is 0 Å². The van der Waals surface area contributed by atoms with Gasteiger partial charge in [-0.2, -0.15) is 0 Å². The molecule has 0 bridgehead atoms. The Morgan fingerprint density at radius 1 is 1.27 bits per heavy atom. The molecule has 0 aromatic heterocycles. The van der Waals surface area contributed by atoms with Gasteiger partial charge < -0.3 is 10.6 Å². The van der Waals surface area contributed by atoms with E-state index in [-0.39, 0.29) is 16.6 Å². The zero-order chi connectivity index (χ0) is 16.3. The van der Waals surface area contributed by atoms with Gasteiger partial charge in [-0.25, -0.2) is 4.39 Å². The Morgan fingerprint density at radius 3 is 2.50 bits per heavy atom. The predicted octanol–water partition coefficient (Wildman–Crippen LogP) is 4.30. The molecule has 6 heteroatoms. The lowest BCUT2D eigenvalue weighted by Gasteiger charge is -2.14. The Balaban J connectivity index is 2.19. The number of carbonyl (C=O) groups is 1. The van der Waals surface area contributed by atoms with E-state index in [4.69, 9.17) is 17.3 Å². The third-order valence-corrected chi connectivity index (χ3v) is 4.65. The SMILES string of the molecule is CCN(C)C(=O)c1ccc(Sc2ccc(N)c(Cl)c2F)cc1. The summed E-state index contributed by atoms with van der Waals surface area (Å²) in [5, 5.41) is -0.0682. The molecule has 0 heterocycles. The van der Waals surface area contributed by atoms with E-state index >= 15 is 0 Å². The minimum atomic E-state index is -0.530. The van der Waals surface area contributed by atoms with Gasteiger partial charge in [-0.05, 0) is 43.3 Å². The minimum Gasteiger partial charge on any atom is -0.397 e. The van der Waals surface area contributed by atoms with Crippen molar-refractivity contribution in [3.05, 3.63) is 52.8 Å². The first kappa shape index (κ1) is 16.6. The van der Waals surface area contributed by atoms with Gasteiger partial charge in [0.2, 0.25) is 0 Å². The van der Waals surface area contributed by atoms with Crippen LogP contribution in [-0.4, -0.2) is 24.4 Å². The summed E-state index contributed by atoms with van der Waals surface area (Å²) in [6.07, 6.45) is 0. The van der Waals surface area contributed by atoms with Crippen molar-refractivity contribution in [2.45, 2.75) is 16.7 Å². The van der Waals surface area contributed by atoms with Crippen LogP contribution in [0.5, 0.6) is 0 Å². The first-order valence-electron chi connectivity index (χ1n) is 6.71. The van der Waals surface area contributed by atoms with Crippen molar-refractivity contribution in [1.82, 2.24) is 4.90 Å². The fraction of sp³-hybridized carbons (Fsp3) is 0.188. The highest BCUT2D eigenvalue weighted by molar-refractivity contribution is 7.99. The van der Waals surface area contributed by atoms with Crippen molar-refractivity contribution in [2.75, 3.05) is 19.3 Å². The Labute approximate surface area is 138 Å². The number of rotatable bonds is 4. The average molecular weight is 339 g/mol. The van der Waals surface area contributed by atoms with Crippen molar-refractivity contribution in [3.8, 4) is 0 Å². The summed E-state index contributed by atoms with van der Waals surface area (Å²) in [7, 11) is 1.75. The summed E-state index contributed by atoms with van der Waals surface area (Å²) in [5.41, 5.74) is 6.37. The number of nitrogens with two attached hydrogens (primary N) is 1. The Morgan fingerprint density at radius 2 is 1.91 bits per heavy atom. The maximum absolute atomic E-state index is 14.0. The van der Waals surface area contributed by atoms with Crippen LogP contribution in [0.3, 0.4) is 0 Å². The van der Waals surface area contributed by atoms with Crippen LogP contribution in [0.25, 0.3) is 0 Å². The van der Waals surface area contributed by atoms with Crippen LogP contribution in [0, 0.1) is 5.82 Å². The molecule has 2 rings (SSSR count). The molecule has 0 aliphatic rings. The van der Waals surface area contributed by atoms with Gasteiger partial charge in [0.15, 0.2) is 5.82 Å². The summed E-state index contributed by atoms with van der Waals surface area (Å²) in [5.74, 6) is -0.571. The maximum Gasteiger partial charge on any atom is 0.253 e. The van der Waals surface area contributed by atoms with Crippen LogP contribution >= 0.6 is 23.4 Å². The number of hydrogen-bond acceptors (Lipinski definition) is 3. The standard InChI is InChI=1S/C16H16ClFN2OS/c1-3-20(2)16(21)10-4-6-11(7-5-10)22-13-9-8-12(19)14(17)15(13)18/h4-9H,3,19H2,1-2H3. The zero-order valence-corrected chi connectivity index (χ0v) is 13.8. The molecule has 0 saturated carbocycles. The van der Waals surface area contributed by atoms with Crippen molar-refractivity contribution >= 4 is 35.0 Å². The molecule has 0 saturated heterocycles. The predicted molar refractivity (Wildman–Crippen MR) is 89.0 cm³/mol. The van der Waals surface area contributed by atoms with E-state index in [0.29, 0.717) is 17.0 Å². The van der Waals surface area contributed by atoms with E-state index in [2.05, 4.69) is 0 Å². The maximum atomic E-state index is 14.0. The zero-order valence-electron chi connectivity index (χ0n) is 12.3. The second-order valence-corrected chi connectivity index (χ2v) is 6.22. The molecular formula is C16H16ClFN2OS. The van der Waals surface area contributed by atoms with Gasteiger partial charge in [0.1, 0.15) is 5.02 Å². The van der Waals surface area contributed by atoms with Crippen LogP contribution in [0.15, 0.2) is 46.2 Å². The largest absolute Gasteiger partial charge is 0.397 e. The molecule has 0 spiro atoms. The van der Waals surface area contributed by atoms with E-state index in [0.717, 1.165) is 4.90 Å². The van der Waals surface area contributed by atoms with Gasteiger partial charge in [0, 0.05) is 28.9 Å². The number of anilines is 1. The van der Waals surface area contributed by atoms with E-state index in [1.54, 1.807) is 48.3 Å². The lowest BCUT2D eigenvalue weighted by Crippen LogP contribution is -2.26. The molecule has 0 aliphatic carbocycles. The highest BCUT2D eigenvalue weighted by Crippen LogP contribution is 2.35. The second-order valence-electron chi connectivity index (χ2n) is 4.73. The Kier molecular flexibility index (Phi) is 5.32. The molecule has 1 amide bonds. The third-order valence-electron chi connectivity index (χ3n) is 3.23. The Hall–Kier alpha value is -1.72. The normalized spacial score (nSPS) is 10.5. The summed E-state index contributed by atoms with van der Waals surface area (Å²) in [4.78, 5) is 14.8. The van der Waals surface area contributed by atoms with Gasteiger partial charge in [0.25, 0.3) is 5.91 Å². The van der Waals surface area contributed by atoms with Crippen LogP contribution in [-0.2, 0) is 0 Å². The number of nitrogens with zero attached hydrogens (tertiary/aromatic N) is 1. The molecule has 2 aromatic carbocycles. The lowest BCUT2D eigenvalue weighted by molar-refractivity contribution is 0.0802. The van der Waals surface area contributed by atoms with Crippen LogP contribution in [0.4, 0.5) is 10.1 Å². The highest BCUT2D eigenvalue weighted by Gasteiger charge is 2.13. The van der Waals surface area contributed by atoms with Crippen LogP contribution in [0.2, 0.25) is 5.02 Å². The van der Waals surface area contributed by atoms with Crippen molar-refractivity contribution < 1.29 is 9.18 Å². The number of halogens is 2. The van der Waals surface area contributed by atoms with E-state index in [1.807, 2.05) is 6.92 Å². The first-order valence-corrected chi connectivity index (χ1v) is 7.90. The van der Waals surface area contributed by atoms with Gasteiger partial charge in [-0.1, -0.05) is 23.4 Å². The smallest absolute Gasteiger partial charge is 0.253 e. The topological polar surface area (TPSA) is 46.3 Å². The lowest BCUT2D eigenvalue weighted by atomic mass is 10.2. The molecule has 2 N–H and O–H groups in total. The van der Waals surface area contributed by atoms with Crippen molar-refractivity contribution in [1.29, 1.82) is 0 Å². The quantitative estimate of drug-likeness (QED) is 0.845. The molecule has 0 fully saturated rings. The monoisotopic (exact) mass is 338 g/mol. The minimum absolute atomic E-state index is 0.0410. The van der Waals surface area contributed by atoms with Gasteiger partial charge in [-0.15, -0.1) is 0 Å². The molecule has 3 nitrogen and oxygen atoms in total. The van der Waals surface area contributed by atoms with Crippen molar-refractivity contribution in [2.24, 2.45) is 0 Å². The van der Waals surface area contributed by atoms with Gasteiger partial charge in [-0.3, -0.25) is 4.79 Å². The summed E-state index contributed by atoms with van der Waals surface area (Å²) in [6.45, 7) is 2.56. The number of hydrogen-bond donors (Lipinski definition) is 1. The summed E-state index contributed by atoms with van der Waals surface area (Å²) in [6, 6.07) is 10.2. The molecule has 22 heavy (non-hydrogen) atoms. The molecule has 0 unspecified atom stereocenters. The molecule has 0 aliphatic heterocycles. The third kappa shape index (κ3) is 3.54. The fourth-order valence-corrected chi connectivity index (χ4v) is 2.86. The van der Waals surface area contributed by atoms with Crippen LogP contribution in [0.1, 0.15) is 17.3 Å². The average Bonchev–Trinajstić information content (AvgIpc) is 2.54. The highest BCUT2D eigenvalue weighted by atomic mass is 35.5. The molecule has 0 radical (unpaired) electrons. The van der Waals surface area contributed by atoms with E-state index in [1.165, 1.54) is 11.8 Å². The first-order chi connectivity index (χ1) is 10.4. The fourth-order valence-electron chi connectivity index (χ4n) is 1.78. The number of nitrogen functional groups attached to an aromatic ring is 1. The number of benzene rings is 2. The van der Waals surface area contributed by atoms with Gasteiger partial charge >= 0.3 is 0 Å². The molecule has 2 aromatic rings. The molecular weight excluding hydrogens is 323 g/mol. The summed E-state index contributed by atoms with van der Waals surface area (Å²) < 4.78 is 14.0. The second kappa shape index (κ2) is 7.03. The van der Waals surface area contributed by atoms with E-state index < -0.39 is 5.82 Å². The number of amides is 1. The molecule has 0 atom stereocenters. The van der Waals surface area contributed by atoms with Crippen LogP contribution < -0.4 is 5.73 Å². The van der Waals surface area contributed by atoms with E-state index in [9.17, 15) is 9.18 Å².